The minimum Gasteiger partial charge on any atom is -0.478 e. The van der Waals surface area contributed by atoms with E-state index in [1.54, 1.807) is 12.1 Å². The van der Waals surface area contributed by atoms with Gasteiger partial charge < -0.3 is 10.4 Å². The molecular weight excluding hydrogens is 256 g/mol. The molecule has 1 rings (SSSR count). The van der Waals surface area contributed by atoms with Crippen molar-refractivity contribution in [2.45, 2.75) is 39.2 Å². The minimum absolute atomic E-state index is 0.234. The number of hydrogen-bond donors (Lipinski definition) is 2. The van der Waals surface area contributed by atoms with Crippen LogP contribution in [-0.2, 0) is 4.79 Å². The molecular formula is C15H20N2O3. The number of pyridine rings is 1. The number of carbonyl (C=O) groups excluding carboxylic acids is 1. The van der Waals surface area contributed by atoms with Crippen molar-refractivity contribution in [1.82, 2.24) is 10.3 Å². The lowest BCUT2D eigenvalue weighted by Gasteiger charge is -2.28. The van der Waals surface area contributed by atoms with Crippen molar-refractivity contribution in [2.24, 2.45) is 0 Å². The summed E-state index contributed by atoms with van der Waals surface area (Å²) in [5.74, 6) is -1.35. The highest BCUT2D eigenvalue weighted by Gasteiger charge is 2.24. The van der Waals surface area contributed by atoms with Gasteiger partial charge in [-0.05, 0) is 31.9 Å². The molecule has 1 aromatic heterocycles. The molecule has 2 N–H and O–H groups in total. The van der Waals surface area contributed by atoms with E-state index in [0.717, 1.165) is 18.9 Å². The second kappa shape index (κ2) is 6.84. The summed E-state index contributed by atoms with van der Waals surface area (Å²) in [6.07, 6.45) is 5.50. The third kappa shape index (κ3) is 4.19. The number of carbonyl (C=O) groups is 2. The zero-order chi connectivity index (χ0) is 15.2. The summed E-state index contributed by atoms with van der Waals surface area (Å²) in [5, 5.41) is 11.6. The Bertz CT molecular complexity index is 520. The van der Waals surface area contributed by atoms with Gasteiger partial charge in [-0.15, -0.1) is 0 Å². The van der Waals surface area contributed by atoms with E-state index in [9.17, 15) is 9.59 Å². The highest BCUT2D eigenvalue weighted by Crippen LogP contribution is 2.16. The van der Waals surface area contributed by atoms with Crippen LogP contribution in [0.25, 0.3) is 6.08 Å². The molecule has 0 aliphatic heterocycles. The molecule has 0 spiro atoms. The highest BCUT2D eigenvalue weighted by atomic mass is 16.4. The maximum atomic E-state index is 12.3. The lowest BCUT2D eigenvalue weighted by atomic mass is 9.95. The molecule has 0 saturated heterocycles. The van der Waals surface area contributed by atoms with Gasteiger partial charge in [0.25, 0.3) is 5.91 Å². The van der Waals surface area contributed by atoms with Crippen LogP contribution < -0.4 is 5.32 Å². The number of nitrogens with one attached hydrogen (secondary N) is 1. The van der Waals surface area contributed by atoms with Gasteiger partial charge in [-0.25, -0.2) is 4.79 Å². The molecule has 1 heterocycles. The Labute approximate surface area is 118 Å². The molecule has 0 aliphatic rings. The zero-order valence-electron chi connectivity index (χ0n) is 12.0. The van der Waals surface area contributed by atoms with E-state index in [-0.39, 0.29) is 17.1 Å². The molecule has 0 aliphatic carbocycles. The maximum Gasteiger partial charge on any atom is 0.328 e. The second-order valence-electron chi connectivity index (χ2n) is 4.83. The number of aromatic nitrogens is 1. The largest absolute Gasteiger partial charge is 0.478 e. The second-order valence-corrected chi connectivity index (χ2v) is 4.83. The molecule has 0 saturated carbocycles. The number of rotatable bonds is 6. The van der Waals surface area contributed by atoms with Gasteiger partial charge in [0, 0.05) is 23.4 Å². The maximum absolute atomic E-state index is 12.3. The Balaban J connectivity index is 3.02. The number of hydrogen-bond acceptors (Lipinski definition) is 3. The topological polar surface area (TPSA) is 79.3 Å². The fourth-order valence-electron chi connectivity index (χ4n) is 1.66. The number of aliphatic carboxylic acids is 1. The van der Waals surface area contributed by atoms with Gasteiger partial charge in [0.05, 0.1) is 0 Å². The molecule has 0 radical (unpaired) electrons. The summed E-state index contributed by atoms with van der Waals surface area (Å²) in [7, 11) is 0. The van der Waals surface area contributed by atoms with Crippen LogP contribution in [0, 0.1) is 0 Å². The van der Waals surface area contributed by atoms with E-state index in [2.05, 4.69) is 10.3 Å². The van der Waals surface area contributed by atoms with Gasteiger partial charge in [0.2, 0.25) is 0 Å². The smallest absolute Gasteiger partial charge is 0.328 e. The van der Waals surface area contributed by atoms with Crippen molar-refractivity contribution >= 4 is 18.0 Å². The molecule has 5 heteroatoms. The van der Waals surface area contributed by atoms with Gasteiger partial charge >= 0.3 is 5.97 Å². The van der Waals surface area contributed by atoms with Gasteiger partial charge in [0.1, 0.15) is 5.69 Å². The van der Waals surface area contributed by atoms with Gasteiger partial charge in [0.15, 0.2) is 0 Å². The summed E-state index contributed by atoms with van der Waals surface area (Å²) in [6.45, 7) is 5.99. The van der Waals surface area contributed by atoms with Crippen LogP contribution >= 0.6 is 0 Å². The summed E-state index contributed by atoms with van der Waals surface area (Å²) >= 11 is 0. The van der Waals surface area contributed by atoms with Crippen LogP contribution in [0.15, 0.2) is 24.4 Å². The average Bonchev–Trinajstić information content (AvgIpc) is 2.45. The van der Waals surface area contributed by atoms with E-state index in [0.29, 0.717) is 5.56 Å². The Morgan fingerprint density at radius 1 is 1.40 bits per heavy atom. The first kappa shape index (κ1) is 15.9. The van der Waals surface area contributed by atoms with Crippen LogP contribution in [0.3, 0.4) is 0 Å². The number of carboxylic acid groups (broad SMARTS) is 1. The van der Waals surface area contributed by atoms with E-state index in [4.69, 9.17) is 5.11 Å². The summed E-state index contributed by atoms with van der Waals surface area (Å²) < 4.78 is 0. The molecule has 0 bridgehead atoms. The van der Waals surface area contributed by atoms with Crippen LogP contribution in [0.1, 0.15) is 49.7 Å². The summed E-state index contributed by atoms with van der Waals surface area (Å²) in [4.78, 5) is 26.9. The van der Waals surface area contributed by atoms with Gasteiger partial charge in [-0.2, -0.15) is 0 Å². The van der Waals surface area contributed by atoms with E-state index >= 15 is 0 Å². The summed E-state index contributed by atoms with van der Waals surface area (Å²) in [6, 6.07) is 3.33. The Hall–Kier alpha value is -2.17. The van der Waals surface area contributed by atoms with Gasteiger partial charge in [-0.1, -0.05) is 19.9 Å². The Morgan fingerprint density at radius 3 is 2.60 bits per heavy atom. The zero-order valence-corrected chi connectivity index (χ0v) is 12.0. The minimum atomic E-state index is -1.06. The fourth-order valence-corrected chi connectivity index (χ4v) is 1.66. The van der Waals surface area contributed by atoms with E-state index in [1.165, 1.54) is 12.3 Å². The molecule has 1 amide bonds. The van der Waals surface area contributed by atoms with Crippen molar-refractivity contribution in [3.05, 3.63) is 35.7 Å². The lowest BCUT2D eigenvalue weighted by Crippen LogP contribution is -2.45. The molecule has 5 nitrogen and oxygen atoms in total. The van der Waals surface area contributed by atoms with Crippen molar-refractivity contribution in [2.75, 3.05) is 0 Å². The van der Waals surface area contributed by atoms with Crippen molar-refractivity contribution in [3.63, 3.8) is 0 Å². The molecule has 20 heavy (non-hydrogen) atoms. The molecule has 0 aromatic carbocycles. The van der Waals surface area contributed by atoms with E-state index in [1.807, 2.05) is 20.8 Å². The van der Waals surface area contributed by atoms with Crippen LogP contribution in [-0.4, -0.2) is 27.5 Å². The number of nitrogens with zero attached hydrogens (tertiary/aromatic N) is 1. The van der Waals surface area contributed by atoms with Crippen molar-refractivity contribution in [3.8, 4) is 0 Å². The highest BCUT2D eigenvalue weighted by molar-refractivity contribution is 5.97. The molecule has 1 aromatic rings. The lowest BCUT2D eigenvalue weighted by molar-refractivity contribution is -0.131. The number of amides is 1. The summed E-state index contributed by atoms with van der Waals surface area (Å²) in [5.41, 5.74) is 0.433. The molecule has 0 unspecified atom stereocenters. The first-order valence-corrected chi connectivity index (χ1v) is 6.60. The first-order chi connectivity index (χ1) is 9.41. The molecule has 108 valence electrons. The van der Waals surface area contributed by atoms with Crippen LogP contribution in [0.5, 0.6) is 0 Å². The SMILES string of the molecule is CCC(C)(CC)NC(=O)c1ncccc1/C=C/C(=O)O. The predicted molar refractivity (Wildman–Crippen MR) is 77.4 cm³/mol. The normalized spacial score (nSPS) is 11.6. The predicted octanol–water partition coefficient (Wildman–Crippen LogP) is 2.49. The van der Waals surface area contributed by atoms with Crippen LogP contribution in [0.4, 0.5) is 0 Å². The third-order valence-electron chi connectivity index (χ3n) is 3.44. The fraction of sp³-hybridized carbons (Fsp3) is 0.400. The number of carboxylic acids is 1. The molecule has 0 atom stereocenters. The van der Waals surface area contributed by atoms with E-state index < -0.39 is 5.97 Å². The Morgan fingerprint density at radius 2 is 2.05 bits per heavy atom. The van der Waals surface area contributed by atoms with Crippen LogP contribution in [0.2, 0.25) is 0 Å². The third-order valence-corrected chi connectivity index (χ3v) is 3.44. The van der Waals surface area contributed by atoms with Crippen molar-refractivity contribution < 1.29 is 14.7 Å². The monoisotopic (exact) mass is 276 g/mol. The standard InChI is InChI=1S/C15H20N2O3/c1-4-15(3,5-2)17-14(20)13-11(7-6-10-16-13)8-9-12(18)19/h6-10H,4-5H2,1-3H3,(H,17,20)(H,18,19)/b9-8+. The Kier molecular flexibility index (Phi) is 5.43. The first-order valence-electron chi connectivity index (χ1n) is 6.60. The van der Waals surface area contributed by atoms with Crippen molar-refractivity contribution in [1.29, 1.82) is 0 Å². The molecule has 0 fully saturated rings. The average molecular weight is 276 g/mol. The van der Waals surface area contributed by atoms with Gasteiger partial charge in [-0.3, -0.25) is 9.78 Å². The quantitative estimate of drug-likeness (QED) is 0.782.